The van der Waals surface area contributed by atoms with Gasteiger partial charge >= 0.3 is 0 Å². The molecule has 1 aromatic heterocycles. The van der Waals surface area contributed by atoms with E-state index in [-0.39, 0.29) is 29.0 Å². The van der Waals surface area contributed by atoms with E-state index < -0.39 is 5.91 Å². The zero-order valence-corrected chi connectivity index (χ0v) is 13.2. The number of nitrogens with one attached hydrogen (secondary N) is 2. The molecule has 8 nitrogen and oxygen atoms in total. The van der Waals surface area contributed by atoms with Gasteiger partial charge < -0.3 is 14.8 Å². The molecule has 3 rings (SSSR count). The number of nitrogens with zero attached hydrogens (tertiary/aromatic N) is 2. The Hall–Kier alpha value is -3.16. The fourth-order valence-electron chi connectivity index (χ4n) is 2.50. The lowest BCUT2D eigenvalue weighted by molar-refractivity contribution is -0.121. The molecule has 0 saturated carbocycles. The van der Waals surface area contributed by atoms with E-state index in [0.29, 0.717) is 23.4 Å². The average molecular weight is 328 g/mol. The fraction of sp³-hybridized carbons (Fsp3) is 0.250. The predicted molar refractivity (Wildman–Crippen MR) is 85.8 cm³/mol. The van der Waals surface area contributed by atoms with Crippen LogP contribution in [0.2, 0.25) is 0 Å². The molecule has 0 aliphatic carbocycles. The molecule has 2 aromatic rings. The van der Waals surface area contributed by atoms with Crippen LogP contribution in [0.4, 0.5) is 5.69 Å². The van der Waals surface area contributed by atoms with Crippen molar-refractivity contribution in [1.29, 1.82) is 0 Å². The number of phenolic OH excluding ortho intramolecular Hbond substituents is 1. The van der Waals surface area contributed by atoms with E-state index >= 15 is 0 Å². The zero-order valence-electron chi connectivity index (χ0n) is 13.2. The lowest BCUT2D eigenvalue weighted by Gasteiger charge is -2.19. The van der Waals surface area contributed by atoms with Gasteiger partial charge in [-0.05, 0) is 19.1 Å². The van der Waals surface area contributed by atoms with Crippen molar-refractivity contribution < 1.29 is 19.1 Å². The summed E-state index contributed by atoms with van der Waals surface area (Å²) in [5, 5.41) is 16.8. The molecule has 0 spiro atoms. The van der Waals surface area contributed by atoms with Gasteiger partial charge in [0.1, 0.15) is 5.75 Å². The monoisotopic (exact) mass is 328 g/mol. The molecule has 1 unspecified atom stereocenters. The molecule has 0 fully saturated rings. The number of rotatable bonds is 3. The first-order valence-corrected chi connectivity index (χ1v) is 7.37. The molecular weight excluding hydrogens is 312 g/mol. The van der Waals surface area contributed by atoms with Gasteiger partial charge in [0.05, 0.1) is 17.1 Å². The Morgan fingerprint density at radius 3 is 2.88 bits per heavy atom. The summed E-state index contributed by atoms with van der Waals surface area (Å²) in [7, 11) is 0. The Balaban J connectivity index is 1.82. The van der Waals surface area contributed by atoms with Crippen LogP contribution in [0.1, 0.15) is 35.2 Å². The van der Waals surface area contributed by atoms with Crippen LogP contribution in [0, 0.1) is 12.8 Å². The molecule has 3 N–H and O–H groups in total. The maximum atomic E-state index is 12.1. The number of hydrogen-bond acceptors (Lipinski definition) is 6. The first-order chi connectivity index (χ1) is 11.5. The Bertz CT molecular complexity index is 840. The molecule has 2 amide bonds. The summed E-state index contributed by atoms with van der Waals surface area (Å²) in [6.45, 7) is 3.54. The smallest absolute Gasteiger partial charge is 0.293 e. The molecular formula is C16H16N4O4. The minimum atomic E-state index is -0.497. The van der Waals surface area contributed by atoms with Gasteiger partial charge in [-0.1, -0.05) is 13.0 Å². The van der Waals surface area contributed by atoms with Crippen LogP contribution >= 0.6 is 0 Å². The second-order valence-electron chi connectivity index (χ2n) is 5.59. The van der Waals surface area contributed by atoms with E-state index in [9.17, 15) is 14.7 Å². The highest BCUT2D eigenvalue weighted by Crippen LogP contribution is 2.27. The summed E-state index contributed by atoms with van der Waals surface area (Å²) in [5.74, 6) is -0.711. The lowest BCUT2D eigenvalue weighted by Crippen LogP contribution is -2.31. The number of oxazole rings is 1. The molecule has 2 heterocycles. The highest BCUT2D eigenvalue weighted by atomic mass is 16.3. The Labute approximate surface area is 137 Å². The van der Waals surface area contributed by atoms with Crippen molar-refractivity contribution in [3.8, 4) is 5.75 Å². The van der Waals surface area contributed by atoms with Gasteiger partial charge in [0.15, 0.2) is 6.39 Å². The van der Waals surface area contributed by atoms with Crippen molar-refractivity contribution in [2.45, 2.75) is 20.3 Å². The number of hydrazone groups is 1. The van der Waals surface area contributed by atoms with Gasteiger partial charge in [0.2, 0.25) is 11.7 Å². The van der Waals surface area contributed by atoms with E-state index in [4.69, 9.17) is 4.42 Å². The second kappa shape index (κ2) is 6.15. The van der Waals surface area contributed by atoms with E-state index in [2.05, 4.69) is 20.8 Å². The summed E-state index contributed by atoms with van der Waals surface area (Å²) < 4.78 is 5.02. The first-order valence-electron chi connectivity index (χ1n) is 7.37. The van der Waals surface area contributed by atoms with Gasteiger partial charge in [0.25, 0.3) is 5.91 Å². The van der Waals surface area contributed by atoms with Gasteiger partial charge in [-0.15, -0.1) is 0 Å². The summed E-state index contributed by atoms with van der Waals surface area (Å²) in [6.07, 6.45) is 1.52. The van der Waals surface area contributed by atoms with Crippen molar-refractivity contribution in [3.63, 3.8) is 0 Å². The van der Waals surface area contributed by atoms with Crippen molar-refractivity contribution in [3.05, 3.63) is 41.6 Å². The number of anilines is 1. The normalized spacial score (nSPS) is 17.2. The first kappa shape index (κ1) is 15.7. The van der Waals surface area contributed by atoms with Crippen molar-refractivity contribution >= 4 is 23.2 Å². The van der Waals surface area contributed by atoms with Gasteiger partial charge in [-0.2, -0.15) is 5.10 Å². The topological polar surface area (TPSA) is 117 Å². The maximum Gasteiger partial charge on any atom is 0.293 e. The lowest BCUT2D eigenvalue weighted by atomic mass is 9.94. The number of hydrogen-bond donors (Lipinski definition) is 3. The summed E-state index contributed by atoms with van der Waals surface area (Å²) >= 11 is 0. The molecule has 124 valence electrons. The highest BCUT2D eigenvalue weighted by Gasteiger charge is 2.22. The third-order valence-corrected chi connectivity index (χ3v) is 3.75. The maximum absolute atomic E-state index is 12.1. The van der Waals surface area contributed by atoms with Crippen LogP contribution in [0.25, 0.3) is 0 Å². The van der Waals surface area contributed by atoms with Crippen molar-refractivity contribution in [2.75, 3.05) is 5.32 Å². The number of benzene rings is 1. The largest absolute Gasteiger partial charge is 0.506 e. The Kier molecular flexibility index (Phi) is 4.03. The molecule has 24 heavy (non-hydrogen) atoms. The van der Waals surface area contributed by atoms with Crippen LogP contribution in [0.15, 0.2) is 34.1 Å². The number of phenols is 1. The minimum Gasteiger partial charge on any atom is -0.506 e. The standard InChI is InChI=1S/C16H16N4O4/c1-8-5-13(22)19-20-14(8)10-3-4-11(12(21)6-10)18-16(23)15-9(2)17-7-24-15/h3-4,6-8,21H,5H2,1-2H3,(H,18,23)(H,19,22). The molecule has 0 radical (unpaired) electrons. The summed E-state index contributed by atoms with van der Waals surface area (Å²) in [5.41, 5.74) is 4.49. The number of carbonyl (C=O) groups is 2. The van der Waals surface area contributed by atoms with Gasteiger partial charge in [0, 0.05) is 17.9 Å². The Morgan fingerprint density at radius 1 is 1.46 bits per heavy atom. The Morgan fingerprint density at radius 2 is 2.25 bits per heavy atom. The third kappa shape index (κ3) is 2.98. The number of amides is 2. The summed E-state index contributed by atoms with van der Waals surface area (Å²) in [6, 6.07) is 4.78. The van der Waals surface area contributed by atoms with Crippen LogP contribution < -0.4 is 10.7 Å². The molecule has 1 atom stereocenters. The van der Waals surface area contributed by atoms with Gasteiger partial charge in [-0.25, -0.2) is 10.4 Å². The van der Waals surface area contributed by atoms with E-state index in [1.165, 1.54) is 12.5 Å². The number of aromatic nitrogens is 1. The molecule has 0 saturated heterocycles. The molecule has 1 aliphatic rings. The molecule has 1 aliphatic heterocycles. The van der Waals surface area contributed by atoms with Crippen LogP contribution in [0.5, 0.6) is 5.75 Å². The van der Waals surface area contributed by atoms with Crippen molar-refractivity contribution in [2.24, 2.45) is 11.0 Å². The molecule has 1 aromatic carbocycles. The fourth-order valence-corrected chi connectivity index (χ4v) is 2.50. The number of aromatic hydroxyl groups is 1. The third-order valence-electron chi connectivity index (χ3n) is 3.75. The van der Waals surface area contributed by atoms with Gasteiger partial charge in [-0.3, -0.25) is 9.59 Å². The zero-order chi connectivity index (χ0) is 17.3. The second-order valence-corrected chi connectivity index (χ2v) is 5.59. The average Bonchev–Trinajstić information content (AvgIpc) is 2.95. The SMILES string of the molecule is Cc1ncoc1C(=O)Nc1ccc(C2=NNC(=O)CC2C)cc1O. The quantitative estimate of drug-likeness (QED) is 0.743. The summed E-state index contributed by atoms with van der Waals surface area (Å²) in [4.78, 5) is 27.3. The minimum absolute atomic E-state index is 0.0598. The predicted octanol–water partition coefficient (Wildman–Crippen LogP) is 1.80. The number of carbonyl (C=O) groups excluding carboxylic acids is 2. The van der Waals surface area contributed by atoms with E-state index in [0.717, 1.165) is 0 Å². The number of aryl methyl sites for hydroxylation is 1. The van der Waals surface area contributed by atoms with Crippen LogP contribution in [-0.2, 0) is 4.79 Å². The van der Waals surface area contributed by atoms with E-state index in [1.807, 2.05) is 6.92 Å². The van der Waals surface area contributed by atoms with Crippen molar-refractivity contribution in [1.82, 2.24) is 10.4 Å². The highest BCUT2D eigenvalue weighted by molar-refractivity contribution is 6.07. The molecule has 0 bridgehead atoms. The molecule has 8 heteroatoms. The van der Waals surface area contributed by atoms with Crippen LogP contribution in [0.3, 0.4) is 0 Å². The van der Waals surface area contributed by atoms with Crippen LogP contribution in [-0.4, -0.2) is 27.6 Å². The van der Waals surface area contributed by atoms with E-state index in [1.54, 1.807) is 19.1 Å².